The monoisotopic (exact) mass is 204 g/mol. The van der Waals surface area contributed by atoms with Crippen LogP contribution in [0.25, 0.3) is 0 Å². The molecule has 0 aromatic carbocycles. The molecule has 2 nitrogen and oxygen atoms in total. The predicted octanol–water partition coefficient (Wildman–Crippen LogP) is 2.43. The topological polar surface area (TPSA) is 24.9 Å². The van der Waals surface area contributed by atoms with Gasteiger partial charge in [-0.25, -0.2) is 0 Å². The highest BCUT2D eigenvalue weighted by atomic mass is 14.9. The van der Waals surface area contributed by atoms with Crippen LogP contribution in [0.4, 0.5) is 0 Å². The minimum atomic E-state index is 0.683. The molecule has 1 aliphatic rings. The molecule has 82 valence electrons. The smallest absolute Gasteiger partial charge is 0.0270 e. The van der Waals surface area contributed by atoms with E-state index < -0.39 is 0 Å². The maximum atomic E-state index is 4.10. The molecule has 1 saturated heterocycles. The summed E-state index contributed by atoms with van der Waals surface area (Å²) in [7, 11) is 0. The molecule has 1 N–H and O–H groups in total. The summed E-state index contributed by atoms with van der Waals surface area (Å²) < 4.78 is 0. The molecule has 2 atom stereocenters. The van der Waals surface area contributed by atoms with Crippen molar-refractivity contribution >= 4 is 0 Å². The van der Waals surface area contributed by atoms with E-state index in [-0.39, 0.29) is 0 Å². The van der Waals surface area contributed by atoms with E-state index in [1.807, 2.05) is 12.4 Å². The van der Waals surface area contributed by atoms with Crippen LogP contribution in [0.5, 0.6) is 0 Å². The fourth-order valence-corrected chi connectivity index (χ4v) is 2.77. The van der Waals surface area contributed by atoms with Crippen LogP contribution in [0.3, 0.4) is 0 Å². The van der Waals surface area contributed by atoms with Gasteiger partial charge < -0.3 is 5.32 Å². The lowest BCUT2D eigenvalue weighted by Crippen LogP contribution is -2.20. The Bertz CT molecular complexity index is 289. The van der Waals surface area contributed by atoms with Crippen LogP contribution in [0.15, 0.2) is 24.5 Å². The third-order valence-electron chi connectivity index (χ3n) is 3.42. The maximum Gasteiger partial charge on any atom is 0.0270 e. The molecule has 2 unspecified atom stereocenters. The van der Waals surface area contributed by atoms with E-state index in [9.17, 15) is 0 Å². The summed E-state index contributed by atoms with van der Waals surface area (Å²) in [6.45, 7) is 7.00. The Labute approximate surface area is 92.1 Å². The largest absolute Gasteiger partial charge is 0.316 e. The van der Waals surface area contributed by atoms with Crippen molar-refractivity contribution in [2.24, 2.45) is 11.8 Å². The fraction of sp³-hybridized carbons (Fsp3) is 0.615. The first-order valence-electron chi connectivity index (χ1n) is 5.89. The molecule has 1 aromatic rings. The third kappa shape index (κ3) is 2.37. The van der Waals surface area contributed by atoms with Crippen LogP contribution in [-0.4, -0.2) is 18.1 Å². The predicted molar refractivity (Wildman–Crippen MR) is 62.8 cm³/mol. The van der Waals surface area contributed by atoms with Crippen molar-refractivity contribution in [3.05, 3.63) is 30.1 Å². The lowest BCUT2D eigenvalue weighted by Gasteiger charge is -2.27. The van der Waals surface area contributed by atoms with Crippen molar-refractivity contribution < 1.29 is 0 Å². The van der Waals surface area contributed by atoms with E-state index in [1.165, 1.54) is 25.1 Å². The molecule has 0 aliphatic carbocycles. The Morgan fingerprint density at radius 2 is 2.07 bits per heavy atom. The van der Waals surface area contributed by atoms with Crippen molar-refractivity contribution in [3.63, 3.8) is 0 Å². The van der Waals surface area contributed by atoms with Gasteiger partial charge in [-0.2, -0.15) is 0 Å². The molecular weight excluding hydrogens is 184 g/mol. The summed E-state index contributed by atoms with van der Waals surface area (Å²) in [5, 5.41) is 3.46. The number of pyridine rings is 1. The fourth-order valence-electron chi connectivity index (χ4n) is 2.77. The van der Waals surface area contributed by atoms with Crippen molar-refractivity contribution in [1.82, 2.24) is 10.3 Å². The van der Waals surface area contributed by atoms with Crippen molar-refractivity contribution in [1.29, 1.82) is 0 Å². The molecule has 1 aromatic heterocycles. The zero-order valence-electron chi connectivity index (χ0n) is 9.61. The van der Waals surface area contributed by atoms with E-state index >= 15 is 0 Å². The zero-order valence-corrected chi connectivity index (χ0v) is 9.61. The Balaban J connectivity index is 2.19. The molecule has 0 amide bonds. The van der Waals surface area contributed by atoms with Gasteiger partial charge in [-0.3, -0.25) is 4.98 Å². The van der Waals surface area contributed by atoms with Crippen LogP contribution in [0.1, 0.15) is 31.7 Å². The Morgan fingerprint density at radius 1 is 1.33 bits per heavy atom. The van der Waals surface area contributed by atoms with Gasteiger partial charge in [-0.15, -0.1) is 0 Å². The van der Waals surface area contributed by atoms with Crippen molar-refractivity contribution in [2.75, 3.05) is 13.1 Å². The molecule has 1 aliphatic heterocycles. The number of hydrogen-bond acceptors (Lipinski definition) is 2. The van der Waals surface area contributed by atoms with Crippen molar-refractivity contribution in [3.8, 4) is 0 Å². The standard InChI is InChI=1S/C13H20N2/c1-10(2)13(12-5-8-15-9-12)11-3-6-14-7-4-11/h3-4,6-7,10,12-13,15H,5,8-9H2,1-2H3. The third-order valence-corrected chi connectivity index (χ3v) is 3.42. The van der Waals surface area contributed by atoms with E-state index in [0.717, 1.165) is 5.92 Å². The van der Waals surface area contributed by atoms with Gasteiger partial charge in [-0.05, 0) is 55.0 Å². The SMILES string of the molecule is CC(C)C(c1ccncc1)C1CCNC1. The molecule has 0 bridgehead atoms. The van der Waals surface area contributed by atoms with E-state index in [4.69, 9.17) is 0 Å². The highest BCUT2D eigenvalue weighted by Crippen LogP contribution is 2.34. The van der Waals surface area contributed by atoms with Gasteiger partial charge >= 0.3 is 0 Å². The van der Waals surface area contributed by atoms with Gasteiger partial charge in [0.15, 0.2) is 0 Å². The quantitative estimate of drug-likeness (QED) is 0.818. The second-order valence-electron chi connectivity index (χ2n) is 4.80. The second kappa shape index (κ2) is 4.75. The normalized spacial score (nSPS) is 23.3. The first-order chi connectivity index (χ1) is 7.29. The molecule has 0 spiro atoms. The first kappa shape index (κ1) is 10.6. The van der Waals surface area contributed by atoms with Gasteiger partial charge in [0.05, 0.1) is 0 Å². The minimum absolute atomic E-state index is 0.683. The Hall–Kier alpha value is -0.890. The molecule has 2 rings (SSSR count). The van der Waals surface area contributed by atoms with Gasteiger partial charge in [0, 0.05) is 12.4 Å². The van der Waals surface area contributed by atoms with Gasteiger partial charge in [-0.1, -0.05) is 13.8 Å². The van der Waals surface area contributed by atoms with Crippen LogP contribution >= 0.6 is 0 Å². The maximum absolute atomic E-state index is 4.10. The average Bonchev–Trinajstić information content (AvgIpc) is 2.72. The molecule has 15 heavy (non-hydrogen) atoms. The van der Waals surface area contributed by atoms with Crippen molar-refractivity contribution in [2.45, 2.75) is 26.2 Å². The highest BCUT2D eigenvalue weighted by molar-refractivity contribution is 5.18. The lowest BCUT2D eigenvalue weighted by atomic mass is 9.78. The number of nitrogens with one attached hydrogen (secondary N) is 1. The van der Waals surface area contributed by atoms with E-state index in [1.54, 1.807) is 0 Å². The molecule has 0 radical (unpaired) electrons. The zero-order chi connectivity index (χ0) is 10.7. The van der Waals surface area contributed by atoms with E-state index in [0.29, 0.717) is 11.8 Å². The van der Waals surface area contributed by atoms with E-state index in [2.05, 4.69) is 36.3 Å². The summed E-state index contributed by atoms with van der Waals surface area (Å²) in [4.78, 5) is 4.10. The van der Waals surface area contributed by atoms with Crippen LogP contribution in [0.2, 0.25) is 0 Å². The molecular formula is C13H20N2. The summed E-state index contributed by atoms with van der Waals surface area (Å²) >= 11 is 0. The van der Waals surface area contributed by atoms with Gasteiger partial charge in [0.2, 0.25) is 0 Å². The lowest BCUT2D eigenvalue weighted by molar-refractivity contribution is 0.363. The molecule has 0 saturated carbocycles. The van der Waals surface area contributed by atoms with Crippen LogP contribution < -0.4 is 5.32 Å². The van der Waals surface area contributed by atoms with Crippen LogP contribution in [0, 0.1) is 11.8 Å². The Morgan fingerprint density at radius 3 is 2.60 bits per heavy atom. The summed E-state index contributed by atoms with van der Waals surface area (Å²) in [6.07, 6.45) is 5.13. The summed E-state index contributed by atoms with van der Waals surface area (Å²) in [5.41, 5.74) is 1.45. The number of rotatable bonds is 3. The number of hydrogen-bond donors (Lipinski definition) is 1. The number of aromatic nitrogens is 1. The van der Waals surface area contributed by atoms with Gasteiger partial charge in [0.25, 0.3) is 0 Å². The average molecular weight is 204 g/mol. The summed E-state index contributed by atoms with van der Waals surface area (Å²) in [6, 6.07) is 4.34. The Kier molecular flexibility index (Phi) is 3.37. The molecule has 1 fully saturated rings. The molecule has 2 heteroatoms. The molecule has 2 heterocycles. The second-order valence-corrected chi connectivity index (χ2v) is 4.80. The highest BCUT2D eigenvalue weighted by Gasteiger charge is 2.28. The number of nitrogens with zero attached hydrogens (tertiary/aromatic N) is 1. The minimum Gasteiger partial charge on any atom is -0.316 e. The summed E-state index contributed by atoms with van der Waals surface area (Å²) in [5.74, 6) is 2.19. The van der Waals surface area contributed by atoms with Crippen LogP contribution in [-0.2, 0) is 0 Å². The first-order valence-corrected chi connectivity index (χ1v) is 5.89. The van der Waals surface area contributed by atoms with Gasteiger partial charge in [0.1, 0.15) is 0 Å².